The lowest BCUT2D eigenvalue weighted by molar-refractivity contribution is -0.0260. The molecule has 0 spiro atoms. The summed E-state index contributed by atoms with van der Waals surface area (Å²) in [5.41, 5.74) is 0. The Bertz CT molecular complexity index is 748. The molecule has 2 aromatic rings. The molecule has 2 aliphatic rings. The molecule has 2 fully saturated rings. The molecule has 6 heteroatoms. The van der Waals surface area contributed by atoms with Crippen LogP contribution in [0.1, 0.15) is 62.9 Å². The van der Waals surface area contributed by atoms with Crippen LogP contribution in [0.4, 0.5) is 0 Å². The normalized spacial score (nSPS) is 29.9. The van der Waals surface area contributed by atoms with Gasteiger partial charge in [0.15, 0.2) is 0 Å². The van der Waals surface area contributed by atoms with E-state index in [1.807, 2.05) is 24.3 Å². The molecule has 1 saturated heterocycles. The van der Waals surface area contributed by atoms with Crippen molar-refractivity contribution in [2.24, 2.45) is 11.8 Å². The van der Waals surface area contributed by atoms with E-state index in [1.54, 1.807) is 12.5 Å². The van der Waals surface area contributed by atoms with Gasteiger partial charge in [-0.25, -0.2) is 0 Å². The van der Waals surface area contributed by atoms with Crippen molar-refractivity contribution in [2.75, 3.05) is 26.2 Å². The second kappa shape index (κ2) is 12.0. The van der Waals surface area contributed by atoms with Crippen molar-refractivity contribution in [3.63, 3.8) is 0 Å². The fraction of sp³-hybridized carbons (Fsp3) is 0.692. The van der Waals surface area contributed by atoms with E-state index in [0.29, 0.717) is 13.1 Å². The van der Waals surface area contributed by atoms with Crippen LogP contribution in [-0.4, -0.2) is 58.4 Å². The molecule has 32 heavy (non-hydrogen) atoms. The maximum absolute atomic E-state index is 11.5. The molecule has 4 unspecified atom stereocenters. The van der Waals surface area contributed by atoms with E-state index in [9.17, 15) is 10.2 Å². The van der Waals surface area contributed by atoms with Crippen molar-refractivity contribution in [3.05, 3.63) is 48.3 Å². The lowest BCUT2D eigenvalue weighted by atomic mass is 9.78. The van der Waals surface area contributed by atoms with Gasteiger partial charge < -0.3 is 19.0 Å². The van der Waals surface area contributed by atoms with Crippen molar-refractivity contribution < 1.29 is 19.0 Å². The van der Waals surface area contributed by atoms with Crippen LogP contribution in [0, 0.1) is 11.8 Å². The predicted octanol–water partition coefficient (Wildman–Crippen LogP) is 4.28. The Morgan fingerprint density at radius 2 is 1.28 bits per heavy atom. The van der Waals surface area contributed by atoms with Gasteiger partial charge in [0, 0.05) is 19.0 Å². The Kier molecular flexibility index (Phi) is 8.85. The van der Waals surface area contributed by atoms with Crippen molar-refractivity contribution in [2.45, 2.75) is 76.7 Å². The van der Waals surface area contributed by atoms with Crippen LogP contribution in [-0.2, 0) is 13.1 Å². The first kappa shape index (κ1) is 23.6. The zero-order chi connectivity index (χ0) is 22.2. The van der Waals surface area contributed by atoms with Crippen LogP contribution in [0.3, 0.4) is 0 Å². The van der Waals surface area contributed by atoms with Gasteiger partial charge in [-0.05, 0) is 62.5 Å². The molecular formula is C26H40N2O4. The third-order valence-corrected chi connectivity index (χ3v) is 7.36. The lowest BCUT2D eigenvalue weighted by Gasteiger charge is -2.37. The first-order valence-electron chi connectivity index (χ1n) is 12.5. The fourth-order valence-electron chi connectivity index (χ4n) is 5.64. The molecule has 0 radical (unpaired) electrons. The molecule has 0 aromatic carbocycles. The molecule has 2 aromatic heterocycles. The lowest BCUT2D eigenvalue weighted by Crippen LogP contribution is -2.45. The minimum absolute atomic E-state index is 0.0373. The topological polar surface area (TPSA) is 73.2 Å². The quantitative estimate of drug-likeness (QED) is 0.717. The summed E-state index contributed by atoms with van der Waals surface area (Å²) in [6.07, 6.45) is 11.4. The summed E-state index contributed by atoms with van der Waals surface area (Å²) in [6.45, 7) is 4.72. The van der Waals surface area contributed by atoms with E-state index in [4.69, 9.17) is 8.83 Å². The Balaban J connectivity index is 1.53. The zero-order valence-electron chi connectivity index (χ0n) is 19.3. The monoisotopic (exact) mass is 444 g/mol. The van der Waals surface area contributed by atoms with E-state index < -0.39 is 6.10 Å². The fourth-order valence-corrected chi connectivity index (χ4v) is 5.64. The zero-order valence-corrected chi connectivity index (χ0v) is 19.3. The number of nitrogens with zero attached hydrogens (tertiary/aromatic N) is 2. The van der Waals surface area contributed by atoms with Gasteiger partial charge in [0.05, 0.1) is 37.8 Å². The highest BCUT2D eigenvalue weighted by Crippen LogP contribution is 2.32. The number of rotatable bonds is 5. The van der Waals surface area contributed by atoms with Gasteiger partial charge in [0.25, 0.3) is 0 Å². The van der Waals surface area contributed by atoms with E-state index in [0.717, 1.165) is 69.8 Å². The highest BCUT2D eigenvalue weighted by Gasteiger charge is 2.36. The highest BCUT2D eigenvalue weighted by molar-refractivity contribution is 5.00. The van der Waals surface area contributed by atoms with Gasteiger partial charge >= 0.3 is 0 Å². The summed E-state index contributed by atoms with van der Waals surface area (Å²) < 4.78 is 11.2. The van der Waals surface area contributed by atoms with Crippen molar-refractivity contribution in [3.8, 4) is 0 Å². The van der Waals surface area contributed by atoms with E-state index in [2.05, 4.69) is 9.80 Å². The molecule has 3 heterocycles. The minimum Gasteiger partial charge on any atom is -0.468 e. The minimum atomic E-state index is -0.484. The maximum atomic E-state index is 11.5. The van der Waals surface area contributed by atoms with Crippen LogP contribution in [0.2, 0.25) is 0 Å². The van der Waals surface area contributed by atoms with Gasteiger partial charge in [0.1, 0.15) is 11.5 Å². The second-order valence-corrected chi connectivity index (χ2v) is 9.79. The van der Waals surface area contributed by atoms with Gasteiger partial charge in [0.2, 0.25) is 0 Å². The number of β-amino-alcohol motifs (C(OH)–C–C–N with tert-alkyl or cyclic N) is 1. The number of hydrogen-bond donors (Lipinski definition) is 2. The molecule has 178 valence electrons. The van der Waals surface area contributed by atoms with Gasteiger partial charge in [-0.1, -0.05) is 32.1 Å². The van der Waals surface area contributed by atoms with E-state index in [-0.39, 0.29) is 17.9 Å². The Hall–Kier alpha value is -1.60. The largest absolute Gasteiger partial charge is 0.468 e. The first-order chi connectivity index (χ1) is 15.7. The first-order valence-corrected chi connectivity index (χ1v) is 12.5. The molecule has 1 aliphatic heterocycles. The predicted molar refractivity (Wildman–Crippen MR) is 124 cm³/mol. The average molecular weight is 445 g/mol. The van der Waals surface area contributed by atoms with Crippen LogP contribution >= 0.6 is 0 Å². The molecule has 0 bridgehead atoms. The Morgan fingerprint density at radius 3 is 1.91 bits per heavy atom. The van der Waals surface area contributed by atoms with Crippen molar-refractivity contribution >= 4 is 0 Å². The van der Waals surface area contributed by atoms with Gasteiger partial charge in [-0.3, -0.25) is 9.80 Å². The summed E-state index contributed by atoms with van der Waals surface area (Å²) in [7, 11) is 0. The van der Waals surface area contributed by atoms with E-state index in [1.165, 1.54) is 19.3 Å². The Labute approximate surface area is 192 Å². The second-order valence-electron chi connectivity index (χ2n) is 9.79. The summed E-state index contributed by atoms with van der Waals surface area (Å²) in [4.78, 5) is 4.73. The maximum Gasteiger partial charge on any atom is 0.117 e. The van der Waals surface area contributed by atoms with E-state index >= 15 is 0 Å². The standard InChI is InChI=1S/C26H40N2O4/c29-25-12-5-3-1-2-4-11-23(25)24-19-27(17-21-9-6-15-31-21)13-8-14-28(20-26(24)30)18-22-10-7-16-32-22/h6-7,9-10,15-16,23-26,29-30H,1-5,8,11-14,17-20H2. The third-order valence-electron chi connectivity index (χ3n) is 7.36. The molecule has 2 N–H and O–H groups in total. The van der Waals surface area contributed by atoms with Gasteiger partial charge in [-0.15, -0.1) is 0 Å². The molecule has 4 rings (SSSR count). The van der Waals surface area contributed by atoms with Crippen molar-refractivity contribution in [1.82, 2.24) is 9.80 Å². The molecular weight excluding hydrogens is 404 g/mol. The highest BCUT2D eigenvalue weighted by atomic mass is 16.3. The summed E-state index contributed by atoms with van der Waals surface area (Å²) in [5.74, 6) is 2.06. The number of furan rings is 2. The van der Waals surface area contributed by atoms with Crippen molar-refractivity contribution in [1.29, 1.82) is 0 Å². The molecule has 4 atom stereocenters. The summed E-state index contributed by atoms with van der Waals surface area (Å²) in [6, 6.07) is 7.88. The third kappa shape index (κ3) is 6.70. The number of hydrogen-bond acceptors (Lipinski definition) is 6. The Morgan fingerprint density at radius 1 is 0.688 bits per heavy atom. The molecule has 1 saturated carbocycles. The van der Waals surface area contributed by atoms with Crippen LogP contribution in [0.25, 0.3) is 0 Å². The number of aliphatic hydroxyl groups excluding tert-OH is 2. The summed E-state index contributed by atoms with van der Waals surface area (Å²) in [5, 5.41) is 22.7. The molecule has 1 aliphatic carbocycles. The molecule has 0 amide bonds. The SMILES string of the molecule is OC1CCCCCCCC1C1CN(Cc2ccco2)CCCN(Cc2ccco2)CC1O. The number of aliphatic hydroxyl groups is 2. The smallest absolute Gasteiger partial charge is 0.117 e. The van der Waals surface area contributed by atoms with Crippen LogP contribution in [0.5, 0.6) is 0 Å². The van der Waals surface area contributed by atoms with Crippen LogP contribution < -0.4 is 0 Å². The average Bonchev–Trinajstić information content (AvgIpc) is 3.48. The molecule has 6 nitrogen and oxygen atoms in total. The van der Waals surface area contributed by atoms with Gasteiger partial charge in [-0.2, -0.15) is 0 Å². The summed E-state index contributed by atoms with van der Waals surface area (Å²) >= 11 is 0. The van der Waals surface area contributed by atoms with Crippen LogP contribution in [0.15, 0.2) is 45.6 Å².